The van der Waals surface area contributed by atoms with Gasteiger partial charge in [0, 0.05) is 0 Å². The molecule has 13 heteroatoms. The van der Waals surface area contributed by atoms with Gasteiger partial charge in [0.15, 0.2) is 11.2 Å². The van der Waals surface area contributed by atoms with Gasteiger partial charge in [0.1, 0.15) is 23.5 Å². The molecule has 0 spiro atoms. The van der Waals surface area contributed by atoms with Crippen molar-refractivity contribution in [2.45, 2.75) is 76.2 Å². The van der Waals surface area contributed by atoms with Crippen molar-refractivity contribution in [1.29, 1.82) is 0 Å². The van der Waals surface area contributed by atoms with Gasteiger partial charge < -0.3 is 24.7 Å². The summed E-state index contributed by atoms with van der Waals surface area (Å²) >= 11 is 0. The number of hydrogen-bond donors (Lipinski definition) is 2. The number of nitrogens with one attached hydrogen (secondary N) is 1. The number of esters is 1. The van der Waals surface area contributed by atoms with Gasteiger partial charge in [0.05, 0.1) is 19.5 Å². The van der Waals surface area contributed by atoms with Crippen LogP contribution in [0.25, 0.3) is 11.2 Å². The van der Waals surface area contributed by atoms with Gasteiger partial charge in [-0.05, 0) is 60.1 Å². The Balaban J connectivity index is 1.55. The molecule has 2 heterocycles. The standard InChI is InChI=1S/C57H58N6O7/c1-5-7-39-68-53(66)63(55(42-26-14-8-15-27-42,43-28-16-9-17-29-43)44-30-18-10-19-31-44)57(51(65)67-38-6-2,69-41-62-40-59-48-49(62)60-52(58)61-50(48)64)54(3,4)70-56(45-32-20-11-21-33-45,46-34-22-12-23-35-46)47-36-24-13-25-37-47/h8-37,40H,5-7,38-39,41H2,1-4H3,(H3,58,60,61,64)/t57-/m0/s1. The highest BCUT2D eigenvalue weighted by Crippen LogP contribution is 2.54. The van der Waals surface area contributed by atoms with Gasteiger partial charge in [0.25, 0.3) is 11.3 Å². The van der Waals surface area contributed by atoms with Crippen molar-refractivity contribution in [3.05, 3.63) is 232 Å². The fraction of sp³-hybridized carbons (Fsp3) is 0.246. The van der Waals surface area contributed by atoms with Crippen LogP contribution in [0.5, 0.6) is 0 Å². The average Bonchev–Trinajstić information content (AvgIpc) is 3.81. The number of nitrogens with two attached hydrogens (primary N) is 1. The lowest BCUT2D eigenvalue weighted by Gasteiger charge is -2.58. The quantitative estimate of drug-likeness (QED) is 0.0325. The van der Waals surface area contributed by atoms with Crippen molar-refractivity contribution < 1.29 is 28.5 Å². The number of aromatic nitrogens is 4. The van der Waals surface area contributed by atoms with E-state index in [4.69, 9.17) is 24.7 Å². The second kappa shape index (κ2) is 21.2. The maximum atomic E-state index is 16.5. The SMILES string of the molecule is CCCCOC(=O)N(C(c1ccccc1)(c1ccccc1)c1ccccc1)[C@](OCn1cnc2c(=O)[nH]c(N)nc21)(C(=O)OCCC)C(C)(C)OC(c1ccccc1)(c1ccccc1)c1ccccc1. The number of carbonyl (C=O) groups is 2. The molecular formula is C57H58N6O7. The summed E-state index contributed by atoms with van der Waals surface area (Å²) in [5.41, 5.74) is 1.57. The molecule has 70 heavy (non-hydrogen) atoms. The normalized spacial score (nSPS) is 12.8. The maximum Gasteiger partial charge on any atom is 0.413 e. The third-order valence-corrected chi connectivity index (χ3v) is 12.5. The van der Waals surface area contributed by atoms with Gasteiger partial charge in [-0.1, -0.05) is 202 Å². The minimum atomic E-state index is -2.67. The molecule has 2 aromatic heterocycles. The van der Waals surface area contributed by atoms with Crippen molar-refractivity contribution in [3.63, 3.8) is 0 Å². The molecular weight excluding hydrogens is 881 g/mol. The van der Waals surface area contributed by atoms with Crippen LogP contribution in [0.1, 0.15) is 80.3 Å². The molecule has 0 bridgehead atoms. The molecule has 0 aliphatic rings. The first-order valence-electron chi connectivity index (χ1n) is 23.6. The van der Waals surface area contributed by atoms with Crippen LogP contribution in [-0.2, 0) is 41.6 Å². The Hall–Kier alpha value is -7.87. The number of carbonyl (C=O) groups excluding carboxylic acids is 2. The van der Waals surface area contributed by atoms with E-state index in [2.05, 4.69) is 15.0 Å². The molecule has 6 aromatic carbocycles. The van der Waals surface area contributed by atoms with Crippen molar-refractivity contribution in [2.24, 2.45) is 0 Å². The fourth-order valence-corrected chi connectivity index (χ4v) is 9.37. The first-order chi connectivity index (χ1) is 34.0. The molecule has 0 saturated carbocycles. The first-order valence-corrected chi connectivity index (χ1v) is 23.6. The van der Waals surface area contributed by atoms with Crippen LogP contribution in [0.2, 0.25) is 0 Å². The van der Waals surface area contributed by atoms with Crippen LogP contribution < -0.4 is 11.3 Å². The molecule has 1 atom stereocenters. The fourth-order valence-electron chi connectivity index (χ4n) is 9.37. The zero-order chi connectivity index (χ0) is 49.2. The lowest BCUT2D eigenvalue weighted by atomic mass is 9.72. The average molecular weight is 939 g/mol. The molecule has 8 aromatic rings. The van der Waals surface area contributed by atoms with Gasteiger partial charge in [-0.25, -0.2) is 19.5 Å². The summed E-state index contributed by atoms with van der Waals surface area (Å²) in [5, 5.41) is 0. The number of anilines is 1. The molecule has 1 amide bonds. The number of aromatic amines is 1. The van der Waals surface area contributed by atoms with Crippen LogP contribution >= 0.6 is 0 Å². The van der Waals surface area contributed by atoms with Gasteiger partial charge in [-0.3, -0.25) is 14.3 Å². The molecule has 0 unspecified atom stereocenters. The molecule has 0 saturated heterocycles. The maximum absolute atomic E-state index is 16.5. The van der Waals surface area contributed by atoms with Crippen LogP contribution in [0.4, 0.5) is 10.7 Å². The third-order valence-electron chi connectivity index (χ3n) is 12.5. The summed E-state index contributed by atoms with van der Waals surface area (Å²) in [6.07, 6.45) is 2.11. The van der Waals surface area contributed by atoms with Gasteiger partial charge in [0.2, 0.25) is 5.95 Å². The number of benzene rings is 6. The Morgan fingerprint density at radius 2 is 1.07 bits per heavy atom. The summed E-state index contributed by atoms with van der Waals surface area (Å²) in [7, 11) is 0. The number of hydrogen-bond acceptors (Lipinski definition) is 10. The molecule has 13 nitrogen and oxygen atoms in total. The highest BCUT2D eigenvalue weighted by molar-refractivity contribution is 5.88. The van der Waals surface area contributed by atoms with Crippen molar-refractivity contribution >= 4 is 29.2 Å². The number of nitrogen functional groups attached to an aromatic ring is 1. The number of rotatable bonds is 20. The summed E-state index contributed by atoms with van der Waals surface area (Å²) in [4.78, 5) is 58.8. The highest BCUT2D eigenvalue weighted by atomic mass is 16.6. The molecule has 3 N–H and O–H groups in total. The van der Waals surface area contributed by atoms with Gasteiger partial charge >= 0.3 is 12.1 Å². The number of nitrogens with zero attached hydrogens (tertiary/aromatic N) is 4. The molecule has 0 radical (unpaired) electrons. The number of ether oxygens (including phenoxy) is 4. The van der Waals surface area contributed by atoms with E-state index >= 15 is 9.59 Å². The topological polar surface area (TPSA) is 164 Å². The Kier molecular flexibility index (Phi) is 14.7. The predicted molar refractivity (Wildman–Crippen MR) is 269 cm³/mol. The van der Waals surface area contributed by atoms with Crippen LogP contribution in [0.3, 0.4) is 0 Å². The minimum absolute atomic E-state index is 0.00176. The number of unbranched alkanes of at least 4 members (excludes halogenated alkanes) is 1. The molecule has 8 rings (SSSR count). The van der Waals surface area contributed by atoms with E-state index < -0.39 is 46.8 Å². The number of amides is 1. The second-order valence-corrected chi connectivity index (χ2v) is 17.4. The van der Waals surface area contributed by atoms with E-state index in [0.717, 1.165) is 0 Å². The van der Waals surface area contributed by atoms with Crippen LogP contribution in [0.15, 0.2) is 193 Å². The lowest BCUT2D eigenvalue weighted by Crippen LogP contribution is -2.76. The van der Waals surface area contributed by atoms with Gasteiger partial charge in [-0.15, -0.1) is 0 Å². The molecule has 0 fully saturated rings. The summed E-state index contributed by atoms with van der Waals surface area (Å²) in [6, 6.07) is 57.6. The van der Waals surface area contributed by atoms with Crippen molar-refractivity contribution in [2.75, 3.05) is 18.9 Å². The Labute approximate surface area is 407 Å². The Morgan fingerprint density at radius 3 is 1.50 bits per heavy atom. The van der Waals surface area contributed by atoms with Crippen LogP contribution in [-0.4, -0.2) is 61.0 Å². The van der Waals surface area contributed by atoms with Gasteiger partial charge in [-0.2, -0.15) is 4.98 Å². The number of H-pyrrole nitrogens is 1. The summed E-state index contributed by atoms with van der Waals surface area (Å²) < 4.78 is 29.8. The largest absolute Gasteiger partial charge is 0.462 e. The first kappa shape index (κ1) is 48.6. The van der Waals surface area contributed by atoms with E-state index in [1.165, 1.54) is 15.8 Å². The monoisotopic (exact) mass is 938 g/mol. The second-order valence-electron chi connectivity index (χ2n) is 17.4. The number of fused-ring (bicyclic) bond motifs is 1. The van der Waals surface area contributed by atoms with E-state index in [1.54, 1.807) is 13.8 Å². The highest BCUT2D eigenvalue weighted by Gasteiger charge is 2.69. The minimum Gasteiger partial charge on any atom is -0.462 e. The summed E-state index contributed by atoms with van der Waals surface area (Å²) in [5.74, 6) is -1.12. The molecule has 358 valence electrons. The van der Waals surface area contributed by atoms with Crippen molar-refractivity contribution in [3.8, 4) is 0 Å². The zero-order valence-corrected chi connectivity index (χ0v) is 39.9. The van der Waals surface area contributed by atoms with E-state index in [9.17, 15) is 4.79 Å². The van der Waals surface area contributed by atoms with E-state index in [-0.39, 0.29) is 30.3 Å². The third kappa shape index (κ3) is 8.97. The predicted octanol–water partition coefficient (Wildman–Crippen LogP) is 10.3. The number of imidazole rings is 1. The lowest BCUT2D eigenvalue weighted by molar-refractivity contribution is -0.294. The Morgan fingerprint density at radius 1 is 0.629 bits per heavy atom. The molecule has 0 aliphatic carbocycles. The van der Waals surface area contributed by atoms with Crippen molar-refractivity contribution in [1.82, 2.24) is 24.4 Å². The molecule has 0 aliphatic heterocycles. The van der Waals surface area contributed by atoms with E-state index in [0.29, 0.717) is 52.6 Å². The zero-order valence-electron chi connectivity index (χ0n) is 39.9. The van der Waals surface area contributed by atoms with Crippen LogP contribution in [0, 0.1) is 0 Å². The smallest absolute Gasteiger partial charge is 0.413 e. The summed E-state index contributed by atoms with van der Waals surface area (Å²) in [6.45, 7) is 6.75. The van der Waals surface area contributed by atoms with E-state index in [1.807, 2.05) is 196 Å². The Bertz CT molecular complexity index is 2830.